The molecule has 0 aromatic carbocycles. The van der Waals surface area contributed by atoms with Crippen molar-refractivity contribution in [3.05, 3.63) is 0 Å². The number of carboxylic acid groups (broad SMARTS) is 1. The van der Waals surface area contributed by atoms with Crippen molar-refractivity contribution in [2.24, 2.45) is 11.3 Å². The molecule has 0 bridgehead atoms. The topological polar surface area (TPSA) is 69.6 Å². The highest BCUT2D eigenvalue weighted by atomic mass is 16.4. The second-order valence-corrected chi connectivity index (χ2v) is 5.82. The maximum Gasteiger partial charge on any atom is 0.317 e. The molecule has 1 unspecified atom stereocenters. The zero-order chi connectivity index (χ0) is 12.6. The molecule has 5 heteroatoms. The summed E-state index contributed by atoms with van der Waals surface area (Å²) in [6.07, 6.45) is 2.46. The quantitative estimate of drug-likeness (QED) is 0.764. The van der Waals surface area contributed by atoms with E-state index in [-0.39, 0.29) is 17.5 Å². The van der Waals surface area contributed by atoms with E-state index in [4.69, 9.17) is 5.11 Å². The van der Waals surface area contributed by atoms with Crippen LogP contribution in [0.15, 0.2) is 0 Å². The third-order valence-electron chi connectivity index (χ3n) is 3.87. The number of urea groups is 1. The molecule has 0 spiro atoms. The van der Waals surface area contributed by atoms with E-state index in [1.807, 2.05) is 0 Å². The van der Waals surface area contributed by atoms with E-state index in [0.717, 1.165) is 12.8 Å². The summed E-state index contributed by atoms with van der Waals surface area (Å²) in [5.41, 5.74) is 0.206. The lowest BCUT2D eigenvalue weighted by Crippen LogP contribution is -2.48. The standard InChI is InChI=1S/C12H20N2O3/c1-12(2)6-9(12)13-11(17)14-5-3-4-8(7-14)10(15)16/h8-9H,3-7H2,1-2H3,(H,13,17)(H,15,16)/t8-,9?/m1/s1. The van der Waals surface area contributed by atoms with Crippen LogP contribution >= 0.6 is 0 Å². The zero-order valence-electron chi connectivity index (χ0n) is 10.4. The van der Waals surface area contributed by atoms with Gasteiger partial charge in [-0.05, 0) is 24.7 Å². The van der Waals surface area contributed by atoms with E-state index in [2.05, 4.69) is 19.2 Å². The Morgan fingerprint density at radius 3 is 2.59 bits per heavy atom. The van der Waals surface area contributed by atoms with Gasteiger partial charge in [0.05, 0.1) is 5.92 Å². The van der Waals surface area contributed by atoms with E-state index in [1.165, 1.54) is 0 Å². The van der Waals surface area contributed by atoms with Gasteiger partial charge in [0, 0.05) is 19.1 Å². The monoisotopic (exact) mass is 240 g/mol. The van der Waals surface area contributed by atoms with Crippen LogP contribution in [0.2, 0.25) is 0 Å². The molecular weight excluding hydrogens is 220 g/mol. The highest BCUT2D eigenvalue weighted by Crippen LogP contribution is 2.44. The fourth-order valence-corrected chi connectivity index (χ4v) is 2.32. The van der Waals surface area contributed by atoms with Gasteiger partial charge in [0.15, 0.2) is 0 Å². The molecule has 2 N–H and O–H groups in total. The number of carboxylic acids is 1. The summed E-state index contributed by atoms with van der Waals surface area (Å²) in [4.78, 5) is 24.5. The molecule has 1 aliphatic heterocycles. The lowest BCUT2D eigenvalue weighted by molar-refractivity contribution is -0.143. The van der Waals surface area contributed by atoms with Crippen molar-refractivity contribution in [3.8, 4) is 0 Å². The maximum absolute atomic E-state index is 11.9. The van der Waals surface area contributed by atoms with E-state index >= 15 is 0 Å². The highest BCUT2D eigenvalue weighted by molar-refractivity contribution is 5.77. The lowest BCUT2D eigenvalue weighted by Gasteiger charge is -2.31. The minimum absolute atomic E-state index is 0.105. The molecular formula is C12H20N2O3. The average molecular weight is 240 g/mol. The zero-order valence-corrected chi connectivity index (χ0v) is 10.4. The molecule has 1 saturated carbocycles. The number of rotatable bonds is 2. The van der Waals surface area contributed by atoms with Crippen LogP contribution in [0.25, 0.3) is 0 Å². The van der Waals surface area contributed by atoms with E-state index < -0.39 is 11.9 Å². The first-order valence-electron chi connectivity index (χ1n) is 6.18. The van der Waals surface area contributed by atoms with Crippen LogP contribution in [0, 0.1) is 11.3 Å². The van der Waals surface area contributed by atoms with Gasteiger partial charge in [-0.2, -0.15) is 0 Å². The van der Waals surface area contributed by atoms with Gasteiger partial charge >= 0.3 is 12.0 Å². The predicted molar refractivity (Wildman–Crippen MR) is 62.7 cm³/mol. The van der Waals surface area contributed by atoms with E-state index in [1.54, 1.807) is 4.90 Å². The number of amides is 2. The molecule has 1 saturated heterocycles. The largest absolute Gasteiger partial charge is 0.481 e. The number of carbonyl (C=O) groups excluding carboxylic acids is 1. The van der Waals surface area contributed by atoms with Crippen molar-refractivity contribution >= 4 is 12.0 Å². The van der Waals surface area contributed by atoms with Gasteiger partial charge in [-0.15, -0.1) is 0 Å². The summed E-state index contributed by atoms with van der Waals surface area (Å²) in [5, 5.41) is 11.9. The third kappa shape index (κ3) is 2.70. The number of carbonyl (C=O) groups is 2. The lowest BCUT2D eigenvalue weighted by atomic mass is 9.99. The minimum atomic E-state index is -0.797. The molecule has 2 fully saturated rings. The number of nitrogens with zero attached hydrogens (tertiary/aromatic N) is 1. The molecule has 2 atom stereocenters. The van der Waals surface area contributed by atoms with Crippen molar-refractivity contribution in [3.63, 3.8) is 0 Å². The molecule has 17 heavy (non-hydrogen) atoms. The third-order valence-corrected chi connectivity index (χ3v) is 3.87. The summed E-state index contributed by atoms with van der Waals surface area (Å²) >= 11 is 0. The Labute approximate surface area is 101 Å². The van der Waals surface area contributed by atoms with Gasteiger partial charge < -0.3 is 15.3 Å². The Morgan fingerprint density at radius 2 is 2.06 bits per heavy atom. The first kappa shape index (κ1) is 12.2. The van der Waals surface area contributed by atoms with Crippen molar-refractivity contribution in [2.75, 3.05) is 13.1 Å². The molecule has 2 rings (SSSR count). The van der Waals surface area contributed by atoms with E-state index in [0.29, 0.717) is 19.5 Å². The van der Waals surface area contributed by atoms with Crippen molar-refractivity contribution in [1.82, 2.24) is 10.2 Å². The molecule has 1 heterocycles. The van der Waals surface area contributed by atoms with Crippen LogP contribution in [0.1, 0.15) is 33.1 Å². The SMILES string of the molecule is CC1(C)CC1NC(=O)N1CCC[C@@H](C(=O)O)C1. The summed E-state index contributed by atoms with van der Waals surface area (Å²) in [6.45, 7) is 5.25. The molecule has 96 valence electrons. The number of piperidine rings is 1. The van der Waals surface area contributed by atoms with Gasteiger partial charge in [0.25, 0.3) is 0 Å². The van der Waals surface area contributed by atoms with Crippen molar-refractivity contribution in [2.45, 2.75) is 39.2 Å². The number of hydrogen-bond acceptors (Lipinski definition) is 2. The minimum Gasteiger partial charge on any atom is -0.481 e. The molecule has 1 aliphatic carbocycles. The molecule has 2 aliphatic rings. The van der Waals surface area contributed by atoms with Gasteiger partial charge in [0.1, 0.15) is 0 Å². The van der Waals surface area contributed by atoms with Gasteiger partial charge in [-0.25, -0.2) is 4.79 Å². The molecule has 0 radical (unpaired) electrons. The molecule has 0 aromatic rings. The predicted octanol–water partition coefficient (Wildman–Crippen LogP) is 1.29. The van der Waals surface area contributed by atoms with Crippen molar-refractivity contribution < 1.29 is 14.7 Å². The fraction of sp³-hybridized carbons (Fsp3) is 0.833. The van der Waals surface area contributed by atoms with Crippen LogP contribution in [0.3, 0.4) is 0 Å². The van der Waals surface area contributed by atoms with Crippen LogP contribution in [0.5, 0.6) is 0 Å². The Morgan fingerprint density at radius 1 is 1.41 bits per heavy atom. The number of likely N-dealkylation sites (tertiary alicyclic amines) is 1. The van der Waals surface area contributed by atoms with Crippen LogP contribution in [0.4, 0.5) is 4.79 Å². The number of aliphatic carboxylic acids is 1. The van der Waals surface area contributed by atoms with Crippen LogP contribution < -0.4 is 5.32 Å². The van der Waals surface area contributed by atoms with Crippen LogP contribution in [-0.2, 0) is 4.79 Å². The maximum atomic E-state index is 11.9. The fourth-order valence-electron chi connectivity index (χ4n) is 2.32. The Kier molecular flexibility index (Phi) is 3.02. The number of nitrogens with one attached hydrogen (secondary N) is 1. The average Bonchev–Trinajstić information content (AvgIpc) is 2.86. The summed E-state index contributed by atoms with van der Waals surface area (Å²) in [7, 11) is 0. The smallest absolute Gasteiger partial charge is 0.317 e. The molecule has 5 nitrogen and oxygen atoms in total. The molecule has 0 aromatic heterocycles. The summed E-state index contributed by atoms with van der Waals surface area (Å²) in [5.74, 6) is -1.20. The number of hydrogen-bond donors (Lipinski definition) is 2. The highest BCUT2D eigenvalue weighted by Gasteiger charge is 2.47. The molecule has 2 amide bonds. The Balaban J connectivity index is 1.85. The summed E-state index contributed by atoms with van der Waals surface area (Å²) < 4.78 is 0. The Bertz CT molecular complexity index is 341. The normalized spacial score (nSPS) is 30.8. The van der Waals surface area contributed by atoms with Gasteiger partial charge in [-0.3, -0.25) is 4.79 Å². The van der Waals surface area contributed by atoms with Crippen LogP contribution in [-0.4, -0.2) is 41.1 Å². The second-order valence-electron chi connectivity index (χ2n) is 5.82. The first-order chi connectivity index (χ1) is 7.90. The summed E-state index contributed by atoms with van der Waals surface area (Å²) in [6, 6.07) is 0.145. The second kappa shape index (κ2) is 4.20. The van der Waals surface area contributed by atoms with Crippen molar-refractivity contribution in [1.29, 1.82) is 0 Å². The van der Waals surface area contributed by atoms with Gasteiger partial charge in [-0.1, -0.05) is 13.8 Å². The van der Waals surface area contributed by atoms with E-state index in [9.17, 15) is 9.59 Å². The first-order valence-corrected chi connectivity index (χ1v) is 6.18. The van der Waals surface area contributed by atoms with Gasteiger partial charge in [0.2, 0.25) is 0 Å². The Hall–Kier alpha value is -1.26.